The maximum absolute atomic E-state index is 12.4. The van der Waals surface area contributed by atoms with Crippen LogP contribution in [0.1, 0.15) is 11.1 Å². The van der Waals surface area contributed by atoms with E-state index in [1.54, 1.807) is 36.4 Å². The summed E-state index contributed by atoms with van der Waals surface area (Å²) in [6.07, 6.45) is 5.98. The molecule has 0 spiro atoms. The molecule has 0 bridgehead atoms. The Morgan fingerprint density at radius 2 is 1.09 bits per heavy atom. The predicted octanol–water partition coefficient (Wildman–Crippen LogP) is 3.49. The van der Waals surface area contributed by atoms with Gasteiger partial charge in [-0.2, -0.15) is 0 Å². The second-order valence-electron chi connectivity index (χ2n) is 6.46. The van der Waals surface area contributed by atoms with Crippen molar-refractivity contribution >= 4 is 23.9 Å². The molecule has 0 aliphatic rings. The van der Waals surface area contributed by atoms with Crippen LogP contribution in [0, 0.1) is 0 Å². The van der Waals surface area contributed by atoms with Gasteiger partial charge in [-0.25, -0.2) is 4.79 Å². The Bertz CT molecular complexity index is 1000. The SMILES string of the molecule is COc1cc(/C=C/C(=O)/C=C/c2cc(OC)c(OCC(=O)O)c(OC)c2)cc(OC)c1OC. The first-order chi connectivity index (χ1) is 15.9. The van der Waals surface area contributed by atoms with Crippen LogP contribution < -0.4 is 28.4 Å². The Hall–Kier alpha value is -4.14. The Balaban J connectivity index is 2.23. The summed E-state index contributed by atoms with van der Waals surface area (Å²) in [5, 5.41) is 8.84. The van der Waals surface area contributed by atoms with E-state index in [9.17, 15) is 9.59 Å². The van der Waals surface area contributed by atoms with Crippen LogP contribution >= 0.6 is 0 Å². The monoisotopic (exact) mass is 458 g/mol. The number of benzene rings is 2. The zero-order chi connectivity index (χ0) is 24.4. The molecule has 0 heterocycles. The number of carbonyl (C=O) groups is 2. The van der Waals surface area contributed by atoms with E-state index < -0.39 is 12.6 Å². The molecule has 1 N–H and O–H groups in total. The van der Waals surface area contributed by atoms with E-state index in [1.165, 1.54) is 47.7 Å². The van der Waals surface area contributed by atoms with Crippen molar-refractivity contribution in [2.45, 2.75) is 0 Å². The lowest BCUT2D eigenvalue weighted by atomic mass is 10.1. The number of aliphatic carboxylic acids is 1. The smallest absolute Gasteiger partial charge is 0.341 e. The lowest BCUT2D eigenvalue weighted by molar-refractivity contribution is -0.139. The van der Waals surface area contributed by atoms with Crippen LogP contribution in [0.25, 0.3) is 12.2 Å². The zero-order valence-corrected chi connectivity index (χ0v) is 19.0. The summed E-state index contributed by atoms with van der Waals surface area (Å²) in [6, 6.07) is 6.65. The van der Waals surface area contributed by atoms with E-state index in [4.69, 9.17) is 33.5 Å². The topological polar surface area (TPSA) is 110 Å². The molecule has 9 heteroatoms. The summed E-state index contributed by atoms with van der Waals surface area (Å²) < 4.78 is 31.7. The number of carboxylic acids is 1. The number of carbonyl (C=O) groups excluding carboxylic acids is 1. The molecule has 0 radical (unpaired) electrons. The van der Waals surface area contributed by atoms with Gasteiger partial charge >= 0.3 is 5.97 Å². The average molecular weight is 458 g/mol. The molecule has 0 unspecified atom stereocenters. The van der Waals surface area contributed by atoms with E-state index in [-0.39, 0.29) is 23.0 Å². The Labute approximate surface area is 191 Å². The van der Waals surface area contributed by atoms with Crippen LogP contribution in [0.4, 0.5) is 0 Å². The van der Waals surface area contributed by atoms with Crippen molar-refractivity contribution in [3.05, 3.63) is 47.5 Å². The molecule has 0 fully saturated rings. The minimum Gasteiger partial charge on any atom is -0.493 e. The second kappa shape index (κ2) is 12.0. The summed E-state index contributed by atoms with van der Waals surface area (Å²) in [6.45, 7) is -0.549. The first kappa shape index (κ1) is 25.1. The average Bonchev–Trinajstić information content (AvgIpc) is 2.83. The summed E-state index contributed by atoms with van der Waals surface area (Å²) in [5.74, 6) is 0.717. The zero-order valence-electron chi connectivity index (χ0n) is 19.0. The molecule has 0 aliphatic heterocycles. The molecule has 0 atom stereocenters. The molecule has 0 amide bonds. The van der Waals surface area contributed by atoms with Crippen LogP contribution in [0.2, 0.25) is 0 Å². The van der Waals surface area contributed by atoms with Gasteiger partial charge in [-0.1, -0.05) is 12.2 Å². The number of allylic oxidation sites excluding steroid dienone is 2. The van der Waals surface area contributed by atoms with Crippen LogP contribution in [0.3, 0.4) is 0 Å². The minimum absolute atomic E-state index is 0.160. The van der Waals surface area contributed by atoms with Crippen molar-refractivity contribution in [2.24, 2.45) is 0 Å². The van der Waals surface area contributed by atoms with E-state index in [1.807, 2.05) is 0 Å². The molecule has 9 nitrogen and oxygen atoms in total. The highest BCUT2D eigenvalue weighted by atomic mass is 16.5. The molecule has 2 rings (SSSR count). The van der Waals surface area contributed by atoms with Gasteiger partial charge in [-0.3, -0.25) is 4.79 Å². The molecule has 0 aliphatic carbocycles. The highest BCUT2D eigenvalue weighted by Crippen LogP contribution is 2.39. The maximum Gasteiger partial charge on any atom is 0.341 e. The van der Waals surface area contributed by atoms with E-state index >= 15 is 0 Å². The van der Waals surface area contributed by atoms with Gasteiger partial charge in [-0.15, -0.1) is 0 Å². The maximum atomic E-state index is 12.4. The molecular formula is C24H26O9. The molecule has 0 aromatic heterocycles. The lowest BCUT2D eigenvalue weighted by Crippen LogP contribution is -2.10. The van der Waals surface area contributed by atoms with Crippen LogP contribution in [-0.2, 0) is 9.59 Å². The van der Waals surface area contributed by atoms with Crippen LogP contribution in [0.15, 0.2) is 36.4 Å². The number of ketones is 1. The summed E-state index contributed by atoms with van der Waals surface area (Å²) in [5.41, 5.74) is 1.29. The molecule has 2 aromatic carbocycles. The summed E-state index contributed by atoms with van der Waals surface area (Å²) in [4.78, 5) is 23.2. The van der Waals surface area contributed by atoms with Gasteiger partial charge in [0.05, 0.1) is 35.5 Å². The van der Waals surface area contributed by atoms with E-state index in [2.05, 4.69) is 0 Å². The number of carboxylic acid groups (broad SMARTS) is 1. The predicted molar refractivity (Wildman–Crippen MR) is 122 cm³/mol. The molecule has 2 aromatic rings. The van der Waals surface area contributed by atoms with E-state index in [0.29, 0.717) is 28.4 Å². The molecular weight excluding hydrogens is 432 g/mol. The van der Waals surface area contributed by atoms with Crippen molar-refractivity contribution in [3.63, 3.8) is 0 Å². The molecule has 33 heavy (non-hydrogen) atoms. The van der Waals surface area contributed by atoms with Gasteiger partial charge in [0.2, 0.25) is 11.5 Å². The largest absolute Gasteiger partial charge is 0.493 e. The quantitative estimate of drug-likeness (QED) is 0.478. The van der Waals surface area contributed by atoms with Gasteiger partial charge < -0.3 is 33.5 Å². The third-order valence-corrected chi connectivity index (χ3v) is 4.39. The highest BCUT2D eigenvalue weighted by Gasteiger charge is 2.15. The number of rotatable bonds is 12. The van der Waals surface area contributed by atoms with Gasteiger partial charge in [0.25, 0.3) is 0 Å². The third kappa shape index (κ3) is 6.67. The normalized spacial score (nSPS) is 10.8. The first-order valence-corrected chi connectivity index (χ1v) is 9.67. The summed E-state index contributed by atoms with van der Waals surface area (Å²) >= 11 is 0. The fourth-order valence-electron chi connectivity index (χ4n) is 2.88. The van der Waals surface area contributed by atoms with Crippen molar-refractivity contribution in [3.8, 4) is 34.5 Å². The standard InChI is InChI=1S/C24H26O9/c1-28-18-10-15(11-19(29-2)23(18)32-5)6-8-17(25)9-7-16-12-20(30-3)24(21(13-16)31-4)33-14-22(26)27/h6-13H,14H2,1-5H3,(H,26,27)/b8-6+,9-7+. The lowest BCUT2D eigenvalue weighted by Gasteiger charge is -2.14. The fraction of sp³-hybridized carbons (Fsp3) is 0.250. The number of ether oxygens (including phenoxy) is 6. The van der Waals surface area contributed by atoms with Gasteiger partial charge in [-0.05, 0) is 47.5 Å². The molecule has 0 saturated carbocycles. The fourth-order valence-corrected chi connectivity index (χ4v) is 2.88. The van der Waals surface area contributed by atoms with Gasteiger partial charge in [0.15, 0.2) is 35.4 Å². The van der Waals surface area contributed by atoms with Crippen LogP contribution in [-0.4, -0.2) is 59.0 Å². The highest BCUT2D eigenvalue weighted by molar-refractivity contribution is 6.04. The Morgan fingerprint density at radius 1 is 0.697 bits per heavy atom. The van der Waals surface area contributed by atoms with Crippen molar-refractivity contribution in [1.29, 1.82) is 0 Å². The van der Waals surface area contributed by atoms with Crippen molar-refractivity contribution in [2.75, 3.05) is 42.2 Å². The van der Waals surface area contributed by atoms with Gasteiger partial charge in [0, 0.05) is 0 Å². The van der Waals surface area contributed by atoms with Crippen molar-refractivity contribution < 1.29 is 43.1 Å². The Kier molecular flexibility index (Phi) is 9.17. The number of hydrogen-bond donors (Lipinski definition) is 1. The first-order valence-electron chi connectivity index (χ1n) is 9.67. The third-order valence-electron chi connectivity index (χ3n) is 4.39. The minimum atomic E-state index is -1.13. The number of hydrogen-bond acceptors (Lipinski definition) is 8. The van der Waals surface area contributed by atoms with Crippen LogP contribution in [0.5, 0.6) is 34.5 Å². The number of methoxy groups -OCH3 is 5. The Morgan fingerprint density at radius 3 is 1.42 bits per heavy atom. The van der Waals surface area contributed by atoms with Crippen molar-refractivity contribution in [1.82, 2.24) is 0 Å². The second-order valence-corrected chi connectivity index (χ2v) is 6.46. The summed E-state index contributed by atoms with van der Waals surface area (Å²) in [7, 11) is 7.37. The molecule has 176 valence electrons. The van der Waals surface area contributed by atoms with E-state index in [0.717, 1.165) is 0 Å². The molecule has 0 saturated heterocycles. The van der Waals surface area contributed by atoms with Gasteiger partial charge in [0.1, 0.15) is 0 Å².